The van der Waals surface area contributed by atoms with Crippen molar-refractivity contribution < 1.29 is 50.0 Å². The summed E-state index contributed by atoms with van der Waals surface area (Å²) in [6.07, 6.45) is 24.2. The summed E-state index contributed by atoms with van der Waals surface area (Å²) in [7, 11) is 0. The topological polar surface area (TPSA) is 189 Å². The van der Waals surface area contributed by atoms with E-state index in [1.807, 2.05) is 0 Å². The highest BCUT2D eigenvalue weighted by atomic mass is 16.7. The fourth-order valence-corrected chi connectivity index (χ4v) is 7.26. The van der Waals surface area contributed by atoms with Gasteiger partial charge in [-0.3, -0.25) is 4.79 Å². The van der Waals surface area contributed by atoms with Crippen LogP contribution in [0.1, 0.15) is 194 Å². The van der Waals surface area contributed by atoms with Crippen LogP contribution in [0.2, 0.25) is 0 Å². The lowest BCUT2D eigenvalue weighted by Crippen LogP contribution is -2.60. The number of hydrogen-bond donors (Lipinski definition) is 8. The van der Waals surface area contributed by atoms with Gasteiger partial charge < -0.3 is 50.5 Å². The van der Waals surface area contributed by atoms with Crippen molar-refractivity contribution in [1.82, 2.24) is 5.32 Å². The molecule has 0 aliphatic carbocycles. The molecule has 11 nitrogen and oxygen atoms in total. The van der Waals surface area contributed by atoms with Crippen LogP contribution in [0.5, 0.6) is 0 Å². The SMILES string of the molecule is CCCCCCCCCCC/C=C\CCCCCCCCC(O)C(=O)NC(COC1OC(CO)C(O)C(O)C1O)C(O)C(O)CCCCCCCCCCC. The number of amides is 1. The van der Waals surface area contributed by atoms with Gasteiger partial charge in [0.1, 0.15) is 36.6 Å². The van der Waals surface area contributed by atoms with E-state index in [0.717, 1.165) is 51.4 Å². The van der Waals surface area contributed by atoms with Gasteiger partial charge in [-0.1, -0.05) is 167 Å². The minimum Gasteiger partial charge on any atom is -0.394 e. The molecule has 0 radical (unpaired) electrons. The molecular formula is C44H85NO10. The predicted octanol–water partition coefficient (Wildman–Crippen LogP) is 6.89. The fourth-order valence-electron chi connectivity index (χ4n) is 7.26. The summed E-state index contributed by atoms with van der Waals surface area (Å²) in [6.45, 7) is 3.40. The van der Waals surface area contributed by atoms with Crippen LogP contribution in [0.4, 0.5) is 0 Å². The summed E-state index contributed by atoms with van der Waals surface area (Å²) >= 11 is 0. The maximum Gasteiger partial charge on any atom is 0.249 e. The molecule has 0 spiro atoms. The first-order valence-electron chi connectivity index (χ1n) is 22.6. The van der Waals surface area contributed by atoms with Gasteiger partial charge in [0.05, 0.1) is 25.4 Å². The molecule has 8 N–H and O–H groups in total. The Bertz CT molecular complexity index is 908. The molecule has 11 heteroatoms. The average molecular weight is 788 g/mol. The lowest BCUT2D eigenvalue weighted by molar-refractivity contribution is -0.303. The Morgan fingerprint density at radius 1 is 0.618 bits per heavy atom. The van der Waals surface area contributed by atoms with Gasteiger partial charge in [-0.15, -0.1) is 0 Å². The Hall–Kier alpha value is -1.15. The first kappa shape index (κ1) is 51.9. The van der Waals surface area contributed by atoms with Crippen molar-refractivity contribution in [2.45, 2.75) is 249 Å². The van der Waals surface area contributed by atoms with Crippen LogP contribution in [-0.4, -0.2) is 110 Å². The van der Waals surface area contributed by atoms with Gasteiger partial charge >= 0.3 is 0 Å². The van der Waals surface area contributed by atoms with E-state index in [-0.39, 0.29) is 6.42 Å². The van der Waals surface area contributed by atoms with Crippen molar-refractivity contribution in [2.24, 2.45) is 0 Å². The number of aliphatic hydroxyl groups is 7. The predicted molar refractivity (Wildman–Crippen MR) is 219 cm³/mol. The van der Waals surface area contributed by atoms with Gasteiger partial charge in [0.15, 0.2) is 6.29 Å². The van der Waals surface area contributed by atoms with Crippen molar-refractivity contribution >= 4 is 5.91 Å². The minimum atomic E-state index is -1.66. The van der Waals surface area contributed by atoms with Gasteiger partial charge in [0.2, 0.25) is 5.91 Å². The summed E-state index contributed by atoms with van der Waals surface area (Å²) in [5.74, 6) is -0.703. The van der Waals surface area contributed by atoms with Crippen LogP contribution in [0.25, 0.3) is 0 Å². The molecule has 0 aromatic heterocycles. The molecule has 0 aromatic carbocycles. The zero-order valence-electron chi connectivity index (χ0n) is 34.9. The molecule has 0 saturated carbocycles. The second-order valence-electron chi connectivity index (χ2n) is 16.1. The van der Waals surface area contributed by atoms with Crippen molar-refractivity contribution in [2.75, 3.05) is 13.2 Å². The second kappa shape index (κ2) is 34.9. The van der Waals surface area contributed by atoms with Gasteiger partial charge in [-0.05, 0) is 38.5 Å². The third kappa shape index (κ3) is 25.1. The standard InChI is InChI=1S/C44H85NO10/c1-3-5-7-9-11-13-14-15-16-17-18-19-20-21-22-24-26-28-30-32-37(48)43(53)45-35(34-54-44-42(52)41(51)40(50)38(33-46)55-44)39(49)36(47)31-29-27-25-23-12-10-8-6-4-2/h18-19,35-42,44,46-52H,3-17,20-34H2,1-2H3,(H,45,53)/b19-18-. The molecule has 55 heavy (non-hydrogen) atoms. The highest BCUT2D eigenvalue weighted by Gasteiger charge is 2.44. The van der Waals surface area contributed by atoms with E-state index in [1.54, 1.807) is 0 Å². The molecule has 1 fully saturated rings. The van der Waals surface area contributed by atoms with Crippen LogP contribution in [-0.2, 0) is 14.3 Å². The number of unbranched alkanes of at least 4 members (excludes halogenated alkanes) is 23. The monoisotopic (exact) mass is 788 g/mol. The number of rotatable bonds is 37. The molecule has 9 atom stereocenters. The average Bonchev–Trinajstić information content (AvgIpc) is 3.18. The number of hydrogen-bond acceptors (Lipinski definition) is 10. The molecule has 1 heterocycles. The molecule has 1 aliphatic heterocycles. The van der Waals surface area contributed by atoms with E-state index in [4.69, 9.17) is 9.47 Å². The Balaban J connectivity index is 2.42. The Kier molecular flexibility index (Phi) is 32.9. The van der Waals surface area contributed by atoms with E-state index < -0.39 is 74.2 Å². The maximum absolute atomic E-state index is 13.0. The van der Waals surface area contributed by atoms with Crippen molar-refractivity contribution in [3.63, 3.8) is 0 Å². The van der Waals surface area contributed by atoms with E-state index >= 15 is 0 Å². The number of carbonyl (C=O) groups excluding carboxylic acids is 1. The summed E-state index contributed by atoms with van der Waals surface area (Å²) < 4.78 is 11.0. The van der Waals surface area contributed by atoms with E-state index in [0.29, 0.717) is 19.3 Å². The summed E-state index contributed by atoms with van der Waals surface area (Å²) in [5.41, 5.74) is 0. The molecule has 1 amide bonds. The second-order valence-corrected chi connectivity index (χ2v) is 16.1. The normalized spacial score (nSPS) is 22.5. The van der Waals surface area contributed by atoms with Crippen LogP contribution >= 0.6 is 0 Å². The summed E-state index contributed by atoms with van der Waals surface area (Å²) in [5, 5.41) is 75.4. The molecule has 326 valence electrons. The third-order valence-corrected chi connectivity index (χ3v) is 11.1. The highest BCUT2D eigenvalue weighted by Crippen LogP contribution is 2.23. The highest BCUT2D eigenvalue weighted by molar-refractivity contribution is 5.80. The van der Waals surface area contributed by atoms with Crippen molar-refractivity contribution in [3.8, 4) is 0 Å². The molecule has 1 rings (SSSR count). The molecule has 0 bridgehead atoms. The van der Waals surface area contributed by atoms with E-state index in [2.05, 4.69) is 31.3 Å². The quantitative estimate of drug-likeness (QED) is 0.0243. The van der Waals surface area contributed by atoms with Gasteiger partial charge in [0.25, 0.3) is 0 Å². The summed E-state index contributed by atoms with van der Waals surface area (Å²) in [4.78, 5) is 13.0. The zero-order valence-corrected chi connectivity index (χ0v) is 34.9. The van der Waals surface area contributed by atoms with Gasteiger partial charge in [0, 0.05) is 0 Å². The minimum absolute atomic E-state index is 0.255. The zero-order chi connectivity index (χ0) is 40.5. The van der Waals surface area contributed by atoms with Crippen molar-refractivity contribution in [1.29, 1.82) is 0 Å². The molecule has 1 aliphatic rings. The number of aliphatic hydroxyl groups excluding tert-OH is 7. The first-order chi connectivity index (χ1) is 26.7. The van der Waals surface area contributed by atoms with Crippen molar-refractivity contribution in [3.05, 3.63) is 12.2 Å². The third-order valence-electron chi connectivity index (χ3n) is 11.1. The fraction of sp³-hybridized carbons (Fsp3) is 0.932. The molecule has 0 aromatic rings. The molecular weight excluding hydrogens is 702 g/mol. The number of ether oxygens (including phenoxy) is 2. The number of nitrogens with one attached hydrogen (secondary N) is 1. The van der Waals surface area contributed by atoms with Gasteiger partial charge in [-0.25, -0.2) is 0 Å². The van der Waals surface area contributed by atoms with E-state index in [1.165, 1.54) is 103 Å². The number of allylic oxidation sites excluding steroid dienone is 2. The maximum atomic E-state index is 13.0. The Morgan fingerprint density at radius 3 is 1.53 bits per heavy atom. The summed E-state index contributed by atoms with van der Waals surface area (Å²) in [6, 6.07) is -1.16. The Morgan fingerprint density at radius 2 is 1.05 bits per heavy atom. The Labute approximate surface area is 334 Å². The van der Waals surface area contributed by atoms with Gasteiger partial charge in [-0.2, -0.15) is 0 Å². The lowest BCUT2D eigenvalue weighted by atomic mass is 9.98. The van der Waals surface area contributed by atoms with Crippen LogP contribution in [0.3, 0.4) is 0 Å². The van der Waals surface area contributed by atoms with Crippen LogP contribution in [0.15, 0.2) is 12.2 Å². The molecule has 1 saturated heterocycles. The van der Waals surface area contributed by atoms with Crippen LogP contribution < -0.4 is 5.32 Å². The lowest BCUT2D eigenvalue weighted by Gasteiger charge is -2.40. The first-order valence-corrected chi connectivity index (χ1v) is 22.6. The number of carbonyl (C=O) groups is 1. The van der Waals surface area contributed by atoms with E-state index in [9.17, 15) is 40.5 Å². The smallest absolute Gasteiger partial charge is 0.249 e. The molecule has 9 unspecified atom stereocenters. The largest absolute Gasteiger partial charge is 0.394 e. The van der Waals surface area contributed by atoms with Crippen LogP contribution in [0, 0.1) is 0 Å².